The van der Waals surface area contributed by atoms with Crippen molar-refractivity contribution in [2.24, 2.45) is 11.1 Å². The Morgan fingerprint density at radius 3 is 2.38 bits per heavy atom. The molecule has 0 amide bonds. The van der Waals surface area contributed by atoms with Gasteiger partial charge < -0.3 is 15.4 Å². The molecule has 1 aromatic carbocycles. The molecular formula is C17H29N3O. The average Bonchev–Trinajstić information content (AvgIpc) is 2.47. The van der Waals surface area contributed by atoms with Crippen LogP contribution in [0.2, 0.25) is 0 Å². The minimum absolute atomic E-state index is 0.229. The maximum Gasteiger partial charge on any atom is 0.120 e. The number of hydrogen-bond acceptors (Lipinski definition) is 4. The van der Waals surface area contributed by atoms with E-state index in [4.69, 9.17) is 10.5 Å². The van der Waals surface area contributed by atoms with Crippen molar-refractivity contribution in [3.05, 3.63) is 24.3 Å². The lowest BCUT2D eigenvalue weighted by atomic mass is 9.85. The van der Waals surface area contributed by atoms with E-state index in [0.29, 0.717) is 6.04 Å². The number of ether oxygens (including phenoxy) is 1. The van der Waals surface area contributed by atoms with Crippen molar-refractivity contribution in [2.45, 2.75) is 26.8 Å². The second kappa shape index (κ2) is 6.67. The molecule has 0 saturated carbocycles. The first-order valence-corrected chi connectivity index (χ1v) is 7.79. The Morgan fingerprint density at radius 2 is 1.86 bits per heavy atom. The number of hydrogen-bond donors (Lipinski definition) is 1. The Kier molecular flexibility index (Phi) is 5.12. The molecule has 1 aliphatic heterocycles. The molecule has 0 bridgehead atoms. The van der Waals surface area contributed by atoms with Gasteiger partial charge in [0.05, 0.1) is 7.11 Å². The van der Waals surface area contributed by atoms with Crippen molar-refractivity contribution in [3.63, 3.8) is 0 Å². The van der Waals surface area contributed by atoms with Gasteiger partial charge in [0, 0.05) is 50.5 Å². The molecule has 118 valence electrons. The fraction of sp³-hybridized carbons (Fsp3) is 0.647. The highest BCUT2D eigenvalue weighted by molar-refractivity contribution is 5.51. The summed E-state index contributed by atoms with van der Waals surface area (Å²) >= 11 is 0. The normalized spacial score (nSPS) is 18.6. The lowest BCUT2D eigenvalue weighted by Crippen LogP contribution is -2.56. The number of methoxy groups -OCH3 is 1. The Balaban J connectivity index is 1.99. The number of nitrogens with zero attached hydrogens (tertiary/aromatic N) is 2. The summed E-state index contributed by atoms with van der Waals surface area (Å²) in [4.78, 5) is 4.96. The van der Waals surface area contributed by atoms with Crippen molar-refractivity contribution >= 4 is 5.69 Å². The summed E-state index contributed by atoms with van der Waals surface area (Å²) in [5, 5.41) is 0. The molecule has 0 spiro atoms. The molecule has 4 heteroatoms. The fourth-order valence-corrected chi connectivity index (χ4v) is 3.15. The summed E-state index contributed by atoms with van der Waals surface area (Å²) < 4.78 is 5.31. The Hall–Kier alpha value is -1.26. The number of benzene rings is 1. The summed E-state index contributed by atoms with van der Waals surface area (Å²) in [5.41, 5.74) is 7.48. The predicted molar refractivity (Wildman–Crippen MR) is 89.1 cm³/mol. The highest BCUT2D eigenvalue weighted by Gasteiger charge is 2.31. The quantitative estimate of drug-likeness (QED) is 0.923. The molecular weight excluding hydrogens is 262 g/mol. The van der Waals surface area contributed by atoms with Crippen LogP contribution in [0.3, 0.4) is 0 Å². The lowest BCUT2D eigenvalue weighted by Gasteiger charge is -2.44. The number of nitrogens with two attached hydrogens (primary N) is 1. The lowest BCUT2D eigenvalue weighted by molar-refractivity contribution is 0.0987. The van der Waals surface area contributed by atoms with Gasteiger partial charge in [-0.25, -0.2) is 0 Å². The van der Waals surface area contributed by atoms with E-state index < -0.39 is 0 Å². The zero-order chi connectivity index (χ0) is 15.5. The summed E-state index contributed by atoms with van der Waals surface area (Å²) in [6.45, 7) is 11.8. The third kappa shape index (κ3) is 3.89. The number of rotatable bonds is 4. The van der Waals surface area contributed by atoms with Crippen LogP contribution >= 0.6 is 0 Å². The largest absolute Gasteiger partial charge is 0.497 e. The van der Waals surface area contributed by atoms with E-state index in [-0.39, 0.29) is 5.41 Å². The van der Waals surface area contributed by atoms with Gasteiger partial charge in [0.15, 0.2) is 0 Å². The Bertz CT molecular complexity index is 448. The molecule has 0 radical (unpaired) electrons. The summed E-state index contributed by atoms with van der Waals surface area (Å²) in [7, 11) is 1.71. The van der Waals surface area contributed by atoms with Gasteiger partial charge in [0.2, 0.25) is 0 Å². The summed E-state index contributed by atoms with van der Waals surface area (Å²) in [6, 6.07) is 8.76. The van der Waals surface area contributed by atoms with Crippen molar-refractivity contribution in [1.82, 2.24) is 4.90 Å². The molecule has 0 aromatic heterocycles. The van der Waals surface area contributed by atoms with Gasteiger partial charge >= 0.3 is 0 Å². The SMILES string of the molecule is COc1cccc(N2CCN(C(CN)C(C)(C)C)CC2)c1. The van der Waals surface area contributed by atoms with Crippen LogP contribution in [0.15, 0.2) is 24.3 Å². The Labute approximate surface area is 128 Å². The maximum atomic E-state index is 6.00. The molecule has 21 heavy (non-hydrogen) atoms. The van der Waals surface area contributed by atoms with Crippen LogP contribution in [0.4, 0.5) is 5.69 Å². The van der Waals surface area contributed by atoms with Crippen molar-refractivity contribution in [3.8, 4) is 5.75 Å². The molecule has 1 unspecified atom stereocenters. The third-order valence-electron chi connectivity index (χ3n) is 4.40. The highest BCUT2D eigenvalue weighted by atomic mass is 16.5. The van der Waals surface area contributed by atoms with Crippen LogP contribution in [0, 0.1) is 5.41 Å². The van der Waals surface area contributed by atoms with Crippen LogP contribution < -0.4 is 15.4 Å². The van der Waals surface area contributed by atoms with Gasteiger partial charge in [-0.1, -0.05) is 26.8 Å². The number of piperazine rings is 1. The molecule has 0 aliphatic carbocycles. The summed E-state index contributed by atoms with van der Waals surface area (Å²) in [6.07, 6.45) is 0. The molecule has 1 aliphatic rings. The van der Waals surface area contributed by atoms with Crippen molar-refractivity contribution < 1.29 is 4.74 Å². The van der Waals surface area contributed by atoms with Gasteiger partial charge in [0.25, 0.3) is 0 Å². The molecule has 1 fully saturated rings. The molecule has 2 N–H and O–H groups in total. The standard InChI is InChI=1S/C17H29N3O/c1-17(2,3)16(13-18)20-10-8-19(9-11-20)14-6-5-7-15(12-14)21-4/h5-7,12,16H,8-11,13,18H2,1-4H3. The molecule has 1 aromatic rings. The van der Waals surface area contributed by atoms with Crippen LogP contribution in [0.5, 0.6) is 5.75 Å². The van der Waals surface area contributed by atoms with Crippen LogP contribution in [-0.4, -0.2) is 50.8 Å². The molecule has 1 heterocycles. The topological polar surface area (TPSA) is 41.7 Å². The average molecular weight is 291 g/mol. The molecule has 1 saturated heterocycles. The highest BCUT2D eigenvalue weighted by Crippen LogP contribution is 2.27. The maximum absolute atomic E-state index is 6.00. The third-order valence-corrected chi connectivity index (χ3v) is 4.40. The van der Waals surface area contributed by atoms with Crippen LogP contribution in [0.25, 0.3) is 0 Å². The van der Waals surface area contributed by atoms with Crippen LogP contribution in [-0.2, 0) is 0 Å². The fourth-order valence-electron chi connectivity index (χ4n) is 3.15. The Morgan fingerprint density at radius 1 is 1.19 bits per heavy atom. The van der Waals surface area contributed by atoms with Gasteiger partial charge in [-0.05, 0) is 17.5 Å². The first kappa shape index (κ1) is 16.1. The van der Waals surface area contributed by atoms with E-state index in [0.717, 1.165) is 38.5 Å². The van der Waals surface area contributed by atoms with Gasteiger partial charge in [-0.3, -0.25) is 4.90 Å². The number of anilines is 1. The van der Waals surface area contributed by atoms with Crippen LogP contribution in [0.1, 0.15) is 20.8 Å². The van der Waals surface area contributed by atoms with Gasteiger partial charge in [0.1, 0.15) is 5.75 Å². The monoisotopic (exact) mass is 291 g/mol. The van der Waals surface area contributed by atoms with E-state index in [1.165, 1.54) is 5.69 Å². The molecule has 4 nitrogen and oxygen atoms in total. The second-order valence-corrected chi connectivity index (χ2v) is 6.84. The molecule has 1 atom stereocenters. The minimum atomic E-state index is 0.229. The smallest absolute Gasteiger partial charge is 0.120 e. The van der Waals surface area contributed by atoms with E-state index in [2.05, 4.69) is 48.8 Å². The van der Waals surface area contributed by atoms with Gasteiger partial charge in [-0.2, -0.15) is 0 Å². The minimum Gasteiger partial charge on any atom is -0.497 e. The molecule has 2 rings (SSSR count). The van der Waals surface area contributed by atoms with Gasteiger partial charge in [-0.15, -0.1) is 0 Å². The first-order chi connectivity index (χ1) is 9.95. The van der Waals surface area contributed by atoms with E-state index in [1.54, 1.807) is 7.11 Å². The summed E-state index contributed by atoms with van der Waals surface area (Å²) in [5.74, 6) is 0.921. The zero-order valence-electron chi connectivity index (χ0n) is 13.8. The predicted octanol–water partition coefficient (Wildman–Crippen LogP) is 2.19. The van der Waals surface area contributed by atoms with Crippen molar-refractivity contribution in [2.75, 3.05) is 44.7 Å². The van der Waals surface area contributed by atoms with E-state index in [1.807, 2.05) is 6.07 Å². The second-order valence-electron chi connectivity index (χ2n) is 6.84. The van der Waals surface area contributed by atoms with E-state index in [9.17, 15) is 0 Å². The van der Waals surface area contributed by atoms with Crippen molar-refractivity contribution in [1.29, 1.82) is 0 Å². The van der Waals surface area contributed by atoms with E-state index >= 15 is 0 Å². The zero-order valence-corrected chi connectivity index (χ0v) is 13.8. The first-order valence-electron chi connectivity index (χ1n) is 7.79.